The molecule has 0 unspecified atom stereocenters. The summed E-state index contributed by atoms with van der Waals surface area (Å²) in [7, 11) is -1.71. The molecule has 2 heterocycles. The number of hydrogen-bond acceptors (Lipinski definition) is 4. The van der Waals surface area contributed by atoms with E-state index in [1.807, 2.05) is 19.3 Å². The Morgan fingerprint density at radius 2 is 1.88 bits per heavy atom. The van der Waals surface area contributed by atoms with E-state index >= 15 is 0 Å². The van der Waals surface area contributed by atoms with Gasteiger partial charge in [0.15, 0.2) is 0 Å². The highest BCUT2D eigenvalue weighted by Gasteiger charge is 2.24. The molecule has 1 aliphatic heterocycles. The summed E-state index contributed by atoms with van der Waals surface area (Å²) in [5.74, 6) is -0.447. The van der Waals surface area contributed by atoms with Crippen molar-refractivity contribution in [1.82, 2.24) is 19.4 Å². The van der Waals surface area contributed by atoms with Crippen molar-refractivity contribution < 1.29 is 12.8 Å². The number of halogens is 1. The number of likely N-dealkylation sites (tertiary alicyclic amines) is 1. The zero-order valence-electron chi connectivity index (χ0n) is 13.5. The van der Waals surface area contributed by atoms with Gasteiger partial charge in [0.05, 0.1) is 10.6 Å². The standard InChI is InChI=1S/C16H21FN4O2S/c1-20-9-6-15(18-20)12-21-10-7-14(8-11-21)19-24(22,23)16-4-2-13(17)3-5-16/h2-6,9,14,19H,7-8,10-12H2,1H3. The van der Waals surface area contributed by atoms with E-state index in [1.165, 1.54) is 12.1 Å². The van der Waals surface area contributed by atoms with Crippen molar-refractivity contribution >= 4 is 10.0 Å². The number of aryl methyl sites for hydroxylation is 1. The maximum Gasteiger partial charge on any atom is 0.240 e. The van der Waals surface area contributed by atoms with E-state index in [0.717, 1.165) is 50.3 Å². The Balaban J connectivity index is 1.54. The second-order valence-corrected chi connectivity index (χ2v) is 7.82. The fourth-order valence-electron chi connectivity index (χ4n) is 2.89. The topological polar surface area (TPSA) is 67.2 Å². The zero-order chi connectivity index (χ0) is 17.2. The van der Waals surface area contributed by atoms with Gasteiger partial charge in [-0.15, -0.1) is 0 Å². The van der Waals surface area contributed by atoms with Crippen LogP contribution in [0, 0.1) is 5.82 Å². The first-order valence-corrected chi connectivity index (χ1v) is 9.39. The molecule has 1 aromatic heterocycles. The minimum atomic E-state index is -3.60. The van der Waals surface area contributed by atoms with E-state index in [-0.39, 0.29) is 10.9 Å². The van der Waals surface area contributed by atoms with Crippen molar-refractivity contribution in [3.63, 3.8) is 0 Å². The van der Waals surface area contributed by atoms with Gasteiger partial charge in [0.25, 0.3) is 0 Å². The van der Waals surface area contributed by atoms with Crippen LogP contribution in [0.1, 0.15) is 18.5 Å². The van der Waals surface area contributed by atoms with Gasteiger partial charge in [-0.3, -0.25) is 9.58 Å². The summed E-state index contributed by atoms with van der Waals surface area (Å²) in [4.78, 5) is 2.37. The van der Waals surface area contributed by atoms with Crippen LogP contribution in [0.2, 0.25) is 0 Å². The van der Waals surface area contributed by atoms with Gasteiger partial charge in [0.2, 0.25) is 10.0 Å². The van der Waals surface area contributed by atoms with Crippen LogP contribution in [0.3, 0.4) is 0 Å². The third-order valence-electron chi connectivity index (χ3n) is 4.19. The van der Waals surface area contributed by atoms with Crippen LogP contribution in [-0.4, -0.2) is 42.2 Å². The monoisotopic (exact) mass is 352 g/mol. The van der Waals surface area contributed by atoms with Crippen molar-refractivity contribution in [2.45, 2.75) is 30.3 Å². The van der Waals surface area contributed by atoms with Gasteiger partial charge >= 0.3 is 0 Å². The molecule has 0 radical (unpaired) electrons. The van der Waals surface area contributed by atoms with Gasteiger partial charge in [-0.2, -0.15) is 5.10 Å². The molecule has 0 amide bonds. The van der Waals surface area contributed by atoms with Gasteiger partial charge < -0.3 is 0 Å². The number of rotatable bonds is 5. The zero-order valence-corrected chi connectivity index (χ0v) is 14.3. The fraction of sp³-hybridized carbons (Fsp3) is 0.438. The molecule has 3 rings (SSSR count). The molecule has 130 valence electrons. The molecule has 2 aromatic rings. The molecule has 1 aromatic carbocycles. The van der Waals surface area contributed by atoms with E-state index in [1.54, 1.807) is 4.68 Å². The van der Waals surface area contributed by atoms with Gasteiger partial charge in [0, 0.05) is 38.9 Å². The number of benzene rings is 1. The van der Waals surface area contributed by atoms with Gasteiger partial charge in [-0.25, -0.2) is 17.5 Å². The first kappa shape index (κ1) is 17.1. The Bertz CT molecular complexity index is 781. The van der Waals surface area contributed by atoms with Crippen LogP contribution in [0.25, 0.3) is 0 Å². The average Bonchev–Trinajstić information content (AvgIpc) is 2.94. The van der Waals surface area contributed by atoms with Crippen molar-refractivity contribution in [3.05, 3.63) is 48.0 Å². The second kappa shape index (κ2) is 7.00. The van der Waals surface area contributed by atoms with E-state index in [9.17, 15) is 12.8 Å². The quantitative estimate of drug-likeness (QED) is 0.886. The smallest absolute Gasteiger partial charge is 0.240 e. The third kappa shape index (κ3) is 4.19. The molecule has 24 heavy (non-hydrogen) atoms. The maximum atomic E-state index is 12.9. The number of aromatic nitrogens is 2. The van der Waals surface area contributed by atoms with Crippen LogP contribution < -0.4 is 4.72 Å². The highest BCUT2D eigenvalue weighted by molar-refractivity contribution is 7.89. The lowest BCUT2D eigenvalue weighted by Gasteiger charge is -2.31. The molecule has 1 aliphatic rings. The minimum absolute atomic E-state index is 0.0971. The third-order valence-corrected chi connectivity index (χ3v) is 5.72. The Morgan fingerprint density at radius 3 is 2.46 bits per heavy atom. The number of nitrogens with one attached hydrogen (secondary N) is 1. The van der Waals surface area contributed by atoms with Crippen molar-refractivity contribution in [2.75, 3.05) is 13.1 Å². The molecule has 1 fully saturated rings. The summed E-state index contributed by atoms with van der Waals surface area (Å²) in [5, 5.41) is 4.36. The Hall–Kier alpha value is -1.77. The summed E-state index contributed by atoms with van der Waals surface area (Å²) < 4.78 is 42.1. The summed E-state index contributed by atoms with van der Waals surface area (Å²) in [5.41, 5.74) is 1.02. The molecular weight excluding hydrogens is 331 g/mol. The van der Waals surface area contributed by atoms with Gasteiger partial charge in [-0.05, 0) is 43.2 Å². The lowest BCUT2D eigenvalue weighted by atomic mass is 10.1. The van der Waals surface area contributed by atoms with Gasteiger partial charge in [0.1, 0.15) is 5.82 Å². The average molecular weight is 352 g/mol. The summed E-state index contributed by atoms with van der Waals surface area (Å²) >= 11 is 0. The van der Waals surface area contributed by atoms with Crippen LogP contribution >= 0.6 is 0 Å². The largest absolute Gasteiger partial charge is 0.297 e. The first-order chi connectivity index (χ1) is 11.4. The van der Waals surface area contributed by atoms with Crippen LogP contribution in [-0.2, 0) is 23.6 Å². The summed E-state index contributed by atoms with van der Waals surface area (Å²) in [6.45, 7) is 2.40. The molecule has 0 aliphatic carbocycles. The van der Waals surface area contributed by atoms with Gasteiger partial charge in [-0.1, -0.05) is 0 Å². The molecular formula is C16H21FN4O2S. The Morgan fingerprint density at radius 1 is 1.21 bits per heavy atom. The van der Waals surface area contributed by atoms with Crippen LogP contribution in [0.15, 0.2) is 41.4 Å². The van der Waals surface area contributed by atoms with Crippen LogP contribution in [0.5, 0.6) is 0 Å². The number of hydrogen-bond donors (Lipinski definition) is 1. The van der Waals surface area contributed by atoms with E-state index in [2.05, 4.69) is 14.7 Å². The van der Waals surface area contributed by atoms with Crippen LogP contribution in [0.4, 0.5) is 4.39 Å². The lowest BCUT2D eigenvalue weighted by molar-refractivity contribution is 0.197. The second-order valence-electron chi connectivity index (χ2n) is 6.11. The molecule has 0 saturated carbocycles. The normalized spacial score (nSPS) is 17.2. The highest BCUT2D eigenvalue weighted by Crippen LogP contribution is 2.16. The lowest BCUT2D eigenvalue weighted by Crippen LogP contribution is -2.44. The van der Waals surface area contributed by atoms with Crippen molar-refractivity contribution in [3.8, 4) is 0 Å². The van der Waals surface area contributed by atoms with E-state index in [4.69, 9.17) is 0 Å². The summed E-state index contributed by atoms with van der Waals surface area (Å²) in [6, 6.07) is 6.78. The predicted octanol–water partition coefficient (Wildman–Crippen LogP) is 1.50. The molecule has 1 N–H and O–H groups in total. The maximum absolute atomic E-state index is 12.9. The predicted molar refractivity (Wildman–Crippen MR) is 88.2 cm³/mol. The molecule has 1 saturated heterocycles. The first-order valence-electron chi connectivity index (χ1n) is 7.91. The molecule has 0 spiro atoms. The van der Waals surface area contributed by atoms with Crippen molar-refractivity contribution in [2.24, 2.45) is 7.05 Å². The minimum Gasteiger partial charge on any atom is -0.297 e. The van der Waals surface area contributed by atoms with E-state index < -0.39 is 15.8 Å². The van der Waals surface area contributed by atoms with Crippen molar-refractivity contribution in [1.29, 1.82) is 0 Å². The molecule has 6 nitrogen and oxygen atoms in total. The Kier molecular flexibility index (Phi) is 4.98. The molecule has 8 heteroatoms. The summed E-state index contributed by atoms with van der Waals surface area (Å²) in [6.07, 6.45) is 3.40. The SMILES string of the molecule is Cn1ccc(CN2CCC(NS(=O)(=O)c3ccc(F)cc3)CC2)n1. The number of piperidine rings is 1. The van der Waals surface area contributed by atoms with E-state index in [0.29, 0.717) is 0 Å². The Labute approximate surface area is 141 Å². The molecule has 0 atom stereocenters. The number of nitrogens with zero attached hydrogens (tertiary/aromatic N) is 3. The molecule has 0 bridgehead atoms. The highest BCUT2D eigenvalue weighted by atomic mass is 32.2. The number of sulfonamides is 1. The fourth-order valence-corrected chi connectivity index (χ4v) is 4.19.